The minimum Gasteiger partial charge on any atom is -0.444 e. The van der Waals surface area contributed by atoms with Crippen LogP contribution in [0.2, 0.25) is 5.04 Å². The zero-order valence-electron chi connectivity index (χ0n) is 20.3. The van der Waals surface area contributed by atoms with Gasteiger partial charge in [0.2, 0.25) is 0 Å². The van der Waals surface area contributed by atoms with Gasteiger partial charge >= 0.3 is 6.09 Å². The Balaban J connectivity index is 1.96. The number of hydrogen-bond acceptors (Lipinski definition) is 4. The molecule has 1 amide bonds. The maximum Gasteiger partial charge on any atom is 0.410 e. The van der Waals surface area contributed by atoms with Gasteiger partial charge in [0.25, 0.3) is 8.32 Å². The minimum atomic E-state index is -2.68. The smallest absolute Gasteiger partial charge is 0.410 e. The van der Waals surface area contributed by atoms with E-state index in [0.717, 1.165) is 0 Å². The fourth-order valence-electron chi connectivity index (χ4n) is 4.34. The number of ether oxygens (including phenoxy) is 2. The second-order valence-corrected chi connectivity index (χ2v) is 14.7. The molecule has 0 aliphatic carbocycles. The van der Waals surface area contributed by atoms with Gasteiger partial charge in [-0.15, -0.1) is 0 Å². The lowest BCUT2D eigenvalue weighted by molar-refractivity contribution is -0.0426. The van der Waals surface area contributed by atoms with Crippen molar-refractivity contribution in [2.45, 2.75) is 58.2 Å². The summed E-state index contributed by atoms with van der Waals surface area (Å²) in [4.78, 5) is 14.7. The third-order valence-electron chi connectivity index (χ3n) is 5.76. The van der Waals surface area contributed by atoms with Gasteiger partial charge < -0.3 is 13.9 Å². The van der Waals surface area contributed by atoms with Crippen molar-refractivity contribution < 1.29 is 18.7 Å². The summed E-state index contributed by atoms with van der Waals surface area (Å²) in [6.07, 6.45) is -0.308. The van der Waals surface area contributed by atoms with Crippen molar-refractivity contribution in [1.82, 2.24) is 4.90 Å². The Labute approximate surface area is 193 Å². The Morgan fingerprint density at radius 1 is 0.969 bits per heavy atom. The molecule has 1 saturated heterocycles. The van der Waals surface area contributed by atoms with Crippen LogP contribution < -0.4 is 10.4 Å². The lowest BCUT2D eigenvalue weighted by atomic mass is 10.2. The van der Waals surface area contributed by atoms with Crippen LogP contribution in [0.15, 0.2) is 60.7 Å². The van der Waals surface area contributed by atoms with Gasteiger partial charge in [-0.1, -0.05) is 81.4 Å². The Morgan fingerprint density at radius 2 is 1.50 bits per heavy atom. The predicted octanol–water partition coefficient (Wildman–Crippen LogP) is 4.20. The van der Waals surface area contributed by atoms with Gasteiger partial charge in [-0.2, -0.15) is 0 Å². The van der Waals surface area contributed by atoms with Gasteiger partial charge in [0.15, 0.2) is 0 Å². The first-order valence-corrected chi connectivity index (χ1v) is 13.3. The van der Waals surface area contributed by atoms with Crippen LogP contribution in [-0.4, -0.2) is 57.3 Å². The number of hydrogen-bond donors (Lipinski definition) is 0. The minimum absolute atomic E-state index is 0.123. The summed E-state index contributed by atoms with van der Waals surface area (Å²) in [5.74, 6) is 0. The first kappa shape index (κ1) is 24.5. The number of rotatable bonds is 5. The maximum absolute atomic E-state index is 12.9. The summed E-state index contributed by atoms with van der Waals surface area (Å²) >= 11 is 0. The van der Waals surface area contributed by atoms with Crippen LogP contribution in [0, 0.1) is 0 Å². The van der Waals surface area contributed by atoms with Crippen LogP contribution in [0.25, 0.3) is 0 Å². The van der Waals surface area contributed by atoms with Gasteiger partial charge in [-0.05, 0) is 36.2 Å². The van der Waals surface area contributed by atoms with Crippen molar-refractivity contribution in [3.63, 3.8) is 0 Å². The Bertz CT molecular complexity index is 835. The molecule has 2 aromatic rings. The number of carbonyl (C=O) groups excluding carboxylic acids is 1. The number of benzene rings is 2. The molecule has 0 N–H and O–H groups in total. The maximum atomic E-state index is 12.9. The van der Waals surface area contributed by atoms with E-state index in [2.05, 4.69) is 69.3 Å². The zero-order valence-corrected chi connectivity index (χ0v) is 21.3. The third kappa shape index (κ3) is 5.42. The molecule has 1 unspecified atom stereocenters. The summed E-state index contributed by atoms with van der Waals surface area (Å²) in [7, 11) is -2.68. The molecule has 1 aliphatic heterocycles. The number of morpholine rings is 1. The molecule has 1 heterocycles. The molecule has 1 aliphatic rings. The highest BCUT2D eigenvalue weighted by atomic mass is 28.4. The molecule has 2 aromatic carbocycles. The normalized spacial score (nSPS) is 17.8. The third-order valence-corrected chi connectivity index (χ3v) is 10.8. The van der Waals surface area contributed by atoms with E-state index < -0.39 is 13.9 Å². The summed E-state index contributed by atoms with van der Waals surface area (Å²) in [6.45, 7) is 14.3. The number of nitrogens with zero attached hydrogens (tertiary/aromatic N) is 1. The van der Waals surface area contributed by atoms with E-state index >= 15 is 0 Å². The van der Waals surface area contributed by atoms with Gasteiger partial charge in [0.05, 0.1) is 25.9 Å². The molecule has 1 atom stereocenters. The van der Waals surface area contributed by atoms with Crippen LogP contribution >= 0.6 is 0 Å². The quantitative estimate of drug-likeness (QED) is 0.634. The standard InChI is InChI=1S/C26H37NO4Si/c1-25(2,3)31-24(28)27-17-18-29-19-21(27)20-30-32(26(4,5)6,22-13-9-7-10-14-22)23-15-11-8-12-16-23/h7-16,21H,17-20H2,1-6H3. The number of carbonyl (C=O) groups is 1. The molecule has 5 nitrogen and oxygen atoms in total. The zero-order chi connectivity index (χ0) is 23.4. The van der Waals surface area contributed by atoms with Gasteiger partial charge in [-0.3, -0.25) is 4.90 Å². The van der Waals surface area contributed by atoms with Crippen LogP contribution in [0.5, 0.6) is 0 Å². The molecule has 6 heteroatoms. The van der Waals surface area contributed by atoms with E-state index in [1.807, 2.05) is 32.9 Å². The predicted molar refractivity (Wildman–Crippen MR) is 131 cm³/mol. The molecular weight excluding hydrogens is 418 g/mol. The second kappa shape index (κ2) is 9.77. The SMILES string of the molecule is CC(C)(C)OC(=O)N1CCOCC1CO[Si](c1ccccc1)(c1ccccc1)C(C)(C)C. The van der Waals surface area contributed by atoms with Crippen LogP contribution in [0.3, 0.4) is 0 Å². The van der Waals surface area contributed by atoms with E-state index in [1.165, 1.54) is 10.4 Å². The van der Waals surface area contributed by atoms with Crippen molar-refractivity contribution in [2.24, 2.45) is 0 Å². The molecule has 1 fully saturated rings. The second-order valence-electron chi connectivity index (χ2n) is 10.4. The first-order chi connectivity index (χ1) is 15.0. The van der Waals surface area contributed by atoms with Crippen LogP contribution in [-0.2, 0) is 13.9 Å². The summed E-state index contributed by atoms with van der Waals surface area (Å²) in [6, 6.07) is 20.9. The molecular formula is C26H37NO4Si. The van der Waals surface area contributed by atoms with Gasteiger partial charge in [-0.25, -0.2) is 4.79 Å². The molecule has 174 valence electrons. The Hall–Kier alpha value is -2.15. The summed E-state index contributed by atoms with van der Waals surface area (Å²) in [5, 5.41) is 2.32. The molecule has 0 saturated carbocycles. The van der Waals surface area contributed by atoms with Crippen molar-refractivity contribution in [3.05, 3.63) is 60.7 Å². The van der Waals surface area contributed by atoms with Crippen molar-refractivity contribution in [3.8, 4) is 0 Å². The molecule has 0 radical (unpaired) electrons. The lowest BCUT2D eigenvalue weighted by Gasteiger charge is -2.45. The van der Waals surface area contributed by atoms with Crippen molar-refractivity contribution in [2.75, 3.05) is 26.4 Å². The summed E-state index contributed by atoms with van der Waals surface area (Å²) < 4.78 is 18.4. The monoisotopic (exact) mass is 455 g/mol. The topological polar surface area (TPSA) is 48.0 Å². The highest BCUT2D eigenvalue weighted by Gasteiger charge is 2.50. The molecule has 0 spiro atoms. The van der Waals surface area contributed by atoms with E-state index in [-0.39, 0.29) is 17.2 Å². The van der Waals surface area contributed by atoms with E-state index in [1.54, 1.807) is 4.90 Å². The Morgan fingerprint density at radius 3 is 1.97 bits per heavy atom. The van der Waals surface area contributed by atoms with Crippen molar-refractivity contribution in [1.29, 1.82) is 0 Å². The highest BCUT2D eigenvalue weighted by molar-refractivity contribution is 6.99. The average Bonchev–Trinajstić information content (AvgIpc) is 2.74. The molecule has 0 bridgehead atoms. The number of amides is 1. The van der Waals surface area contributed by atoms with Gasteiger partial charge in [0.1, 0.15) is 5.60 Å². The molecule has 3 rings (SSSR count). The summed E-state index contributed by atoms with van der Waals surface area (Å²) in [5.41, 5.74) is -0.543. The highest BCUT2D eigenvalue weighted by Crippen LogP contribution is 2.37. The Kier molecular flexibility index (Phi) is 7.48. The fourth-order valence-corrected chi connectivity index (χ4v) is 8.93. The lowest BCUT2D eigenvalue weighted by Crippen LogP contribution is -2.68. The van der Waals surface area contributed by atoms with E-state index in [0.29, 0.717) is 26.4 Å². The van der Waals surface area contributed by atoms with Crippen molar-refractivity contribution >= 4 is 24.8 Å². The average molecular weight is 456 g/mol. The largest absolute Gasteiger partial charge is 0.444 e. The van der Waals surface area contributed by atoms with Crippen LogP contribution in [0.1, 0.15) is 41.5 Å². The first-order valence-electron chi connectivity index (χ1n) is 11.4. The molecule has 0 aromatic heterocycles. The van der Waals surface area contributed by atoms with Crippen LogP contribution in [0.4, 0.5) is 4.79 Å². The van der Waals surface area contributed by atoms with Gasteiger partial charge in [0, 0.05) is 6.54 Å². The van der Waals surface area contributed by atoms with E-state index in [9.17, 15) is 4.79 Å². The fraction of sp³-hybridized carbons (Fsp3) is 0.500. The van der Waals surface area contributed by atoms with E-state index in [4.69, 9.17) is 13.9 Å². The molecule has 32 heavy (non-hydrogen) atoms.